The predicted molar refractivity (Wildman–Crippen MR) is 90.6 cm³/mol. The Morgan fingerprint density at radius 2 is 2.12 bits per heavy atom. The van der Waals surface area contributed by atoms with Gasteiger partial charge >= 0.3 is 0 Å². The van der Waals surface area contributed by atoms with Crippen molar-refractivity contribution in [3.8, 4) is 0 Å². The van der Waals surface area contributed by atoms with Crippen LogP contribution in [0.3, 0.4) is 0 Å². The molecule has 1 unspecified atom stereocenters. The summed E-state index contributed by atoms with van der Waals surface area (Å²) >= 11 is 6.29. The van der Waals surface area contributed by atoms with E-state index < -0.39 is 4.92 Å². The van der Waals surface area contributed by atoms with Crippen LogP contribution in [0.5, 0.6) is 0 Å². The Bertz CT molecular complexity index is 774. The second kappa shape index (κ2) is 6.05. The number of non-ortho nitro benzene ring substituents is 1. The van der Waals surface area contributed by atoms with Gasteiger partial charge in [-0.25, -0.2) is 0 Å². The van der Waals surface area contributed by atoms with Gasteiger partial charge in [-0.3, -0.25) is 10.1 Å². The van der Waals surface area contributed by atoms with E-state index in [0.29, 0.717) is 17.0 Å². The molecule has 0 bridgehead atoms. The fourth-order valence-electron chi connectivity index (χ4n) is 3.45. The number of benzene rings is 1. The normalized spacial score (nSPS) is 21.0. The molecule has 2 aliphatic rings. The molecule has 8 heteroatoms. The molecule has 7 nitrogen and oxygen atoms in total. The van der Waals surface area contributed by atoms with Crippen LogP contribution in [0.15, 0.2) is 24.5 Å². The van der Waals surface area contributed by atoms with E-state index in [0.717, 1.165) is 37.4 Å². The van der Waals surface area contributed by atoms with E-state index in [-0.39, 0.29) is 5.69 Å². The number of anilines is 1. The first kappa shape index (κ1) is 15.4. The van der Waals surface area contributed by atoms with Crippen molar-refractivity contribution >= 4 is 23.0 Å². The van der Waals surface area contributed by atoms with Gasteiger partial charge in [0.05, 0.1) is 15.6 Å². The minimum Gasteiger partial charge on any atom is -0.370 e. The second-order valence-electron chi connectivity index (χ2n) is 6.51. The van der Waals surface area contributed by atoms with Crippen molar-refractivity contribution in [3.05, 3.63) is 45.5 Å². The molecule has 1 aromatic carbocycles. The van der Waals surface area contributed by atoms with Crippen molar-refractivity contribution < 1.29 is 4.92 Å². The summed E-state index contributed by atoms with van der Waals surface area (Å²) in [5.74, 6) is 1.37. The zero-order valence-corrected chi connectivity index (χ0v) is 13.9. The molecule has 1 aliphatic carbocycles. The standard InChI is InChI=1S/C16H18ClN5O2/c17-14-8-13(22(23)24)5-6-15(14)20-7-1-2-11(9-20)16-19-18-10-21(16)12-3-4-12/h5-6,8,10-12H,1-4,7,9H2. The van der Waals surface area contributed by atoms with E-state index in [2.05, 4.69) is 19.7 Å². The van der Waals surface area contributed by atoms with Crippen LogP contribution in [0.25, 0.3) is 0 Å². The molecule has 1 saturated heterocycles. The number of piperidine rings is 1. The molecule has 0 amide bonds. The van der Waals surface area contributed by atoms with Gasteiger partial charge in [0.2, 0.25) is 0 Å². The highest BCUT2D eigenvalue weighted by atomic mass is 35.5. The molecule has 1 aromatic heterocycles. The average Bonchev–Trinajstić information content (AvgIpc) is 3.31. The molecule has 2 aromatic rings. The second-order valence-corrected chi connectivity index (χ2v) is 6.91. The van der Waals surface area contributed by atoms with Crippen LogP contribution in [0.2, 0.25) is 5.02 Å². The predicted octanol–water partition coefficient (Wildman–Crippen LogP) is 3.56. The van der Waals surface area contributed by atoms with E-state index in [1.807, 2.05) is 6.33 Å². The number of aromatic nitrogens is 3. The lowest BCUT2D eigenvalue weighted by molar-refractivity contribution is -0.384. The Morgan fingerprint density at radius 1 is 1.29 bits per heavy atom. The highest BCUT2D eigenvalue weighted by Gasteiger charge is 2.32. The molecule has 1 atom stereocenters. The van der Waals surface area contributed by atoms with Crippen LogP contribution in [0, 0.1) is 10.1 Å². The summed E-state index contributed by atoms with van der Waals surface area (Å²) in [5.41, 5.74) is 0.871. The van der Waals surface area contributed by atoms with Crippen molar-refractivity contribution in [3.63, 3.8) is 0 Å². The van der Waals surface area contributed by atoms with E-state index in [1.54, 1.807) is 6.07 Å². The summed E-state index contributed by atoms with van der Waals surface area (Å²) in [5, 5.41) is 19.7. The quantitative estimate of drug-likeness (QED) is 0.624. The Balaban J connectivity index is 1.56. The highest BCUT2D eigenvalue weighted by Crippen LogP contribution is 2.39. The number of rotatable bonds is 4. The molecule has 24 heavy (non-hydrogen) atoms. The number of nitrogens with zero attached hydrogens (tertiary/aromatic N) is 5. The van der Waals surface area contributed by atoms with Gasteiger partial charge in [0.15, 0.2) is 0 Å². The topological polar surface area (TPSA) is 77.1 Å². The van der Waals surface area contributed by atoms with Crippen LogP contribution >= 0.6 is 11.6 Å². The molecule has 126 valence electrons. The molecule has 0 N–H and O–H groups in total. The van der Waals surface area contributed by atoms with Crippen molar-refractivity contribution in [2.45, 2.75) is 37.6 Å². The monoisotopic (exact) mass is 347 g/mol. The summed E-state index contributed by atoms with van der Waals surface area (Å²) in [6, 6.07) is 5.24. The minimum atomic E-state index is -0.424. The first-order valence-electron chi connectivity index (χ1n) is 8.22. The summed E-state index contributed by atoms with van der Waals surface area (Å²) in [6.45, 7) is 1.70. The minimum absolute atomic E-state index is 0.0192. The van der Waals surface area contributed by atoms with Gasteiger partial charge in [0.25, 0.3) is 5.69 Å². The van der Waals surface area contributed by atoms with Gasteiger partial charge in [-0.15, -0.1) is 10.2 Å². The molecule has 4 rings (SSSR count). The number of nitro groups is 1. The molecular weight excluding hydrogens is 330 g/mol. The molecular formula is C16H18ClN5O2. The SMILES string of the molecule is O=[N+]([O-])c1ccc(N2CCCC(c3nncn3C3CC3)C2)c(Cl)c1. The summed E-state index contributed by atoms with van der Waals surface area (Å²) < 4.78 is 2.21. The fourth-order valence-corrected chi connectivity index (χ4v) is 3.74. The number of nitro benzene ring substituents is 1. The zero-order valence-electron chi connectivity index (χ0n) is 13.1. The number of hydrogen-bond acceptors (Lipinski definition) is 5. The Labute approximate surface area is 144 Å². The van der Waals surface area contributed by atoms with E-state index in [9.17, 15) is 10.1 Å². The lowest BCUT2D eigenvalue weighted by atomic mass is 9.96. The third-order valence-corrected chi connectivity index (χ3v) is 5.11. The van der Waals surface area contributed by atoms with Gasteiger partial charge in [-0.05, 0) is 31.7 Å². The Hall–Kier alpha value is -2.15. The van der Waals surface area contributed by atoms with Crippen LogP contribution in [0.4, 0.5) is 11.4 Å². The van der Waals surface area contributed by atoms with Crippen LogP contribution in [0.1, 0.15) is 43.5 Å². The summed E-state index contributed by atoms with van der Waals surface area (Å²) in [6.07, 6.45) is 6.36. The number of halogens is 1. The third-order valence-electron chi connectivity index (χ3n) is 4.81. The largest absolute Gasteiger partial charge is 0.370 e. The number of hydrogen-bond donors (Lipinski definition) is 0. The van der Waals surface area contributed by atoms with E-state index >= 15 is 0 Å². The molecule has 1 saturated carbocycles. The van der Waals surface area contributed by atoms with Crippen molar-refractivity contribution in [1.82, 2.24) is 14.8 Å². The summed E-state index contributed by atoms with van der Waals surface area (Å²) in [7, 11) is 0. The van der Waals surface area contributed by atoms with Crippen molar-refractivity contribution in [2.24, 2.45) is 0 Å². The Kier molecular flexibility index (Phi) is 3.88. The van der Waals surface area contributed by atoms with Crippen molar-refractivity contribution in [1.29, 1.82) is 0 Å². The van der Waals surface area contributed by atoms with Crippen LogP contribution in [-0.4, -0.2) is 32.8 Å². The lowest BCUT2D eigenvalue weighted by Crippen LogP contribution is -2.35. The van der Waals surface area contributed by atoms with Gasteiger partial charge in [-0.2, -0.15) is 0 Å². The molecule has 0 radical (unpaired) electrons. The smallest absolute Gasteiger partial charge is 0.271 e. The molecule has 2 heterocycles. The van der Waals surface area contributed by atoms with Crippen molar-refractivity contribution in [2.75, 3.05) is 18.0 Å². The van der Waals surface area contributed by atoms with Gasteiger partial charge in [0, 0.05) is 37.2 Å². The maximum absolute atomic E-state index is 10.9. The fraction of sp³-hybridized carbons (Fsp3) is 0.500. The average molecular weight is 348 g/mol. The van der Waals surface area contributed by atoms with Crippen LogP contribution < -0.4 is 4.90 Å². The maximum atomic E-state index is 10.9. The van der Waals surface area contributed by atoms with Crippen LogP contribution in [-0.2, 0) is 0 Å². The van der Waals surface area contributed by atoms with Gasteiger partial charge < -0.3 is 9.47 Å². The first-order chi connectivity index (χ1) is 11.6. The van der Waals surface area contributed by atoms with E-state index in [1.165, 1.54) is 25.0 Å². The van der Waals surface area contributed by atoms with E-state index in [4.69, 9.17) is 11.6 Å². The molecule has 1 aliphatic heterocycles. The molecule has 2 fully saturated rings. The third kappa shape index (κ3) is 2.84. The lowest BCUT2D eigenvalue weighted by Gasteiger charge is -2.34. The Morgan fingerprint density at radius 3 is 2.83 bits per heavy atom. The first-order valence-corrected chi connectivity index (χ1v) is 8.59. The van der Waals surface area contributed by atoms with Gasteiger partial charge in [0.1, 0.15) is 12.2 Å². The molecule has 0 spiro atoms. The van der Waals surface area contributed by atoms with Gasteiger partial charge in [-0.1, -0.05) is 11.6 Å². The highest BCUT2D eigenvalue weighted by molar-refractivity contribution is 6.33. The maximum Gasteiger partial charge on any atom is 0.271 e. The zero-order chi connectivity index (χ0) is 16.7. The summed E-state index contributed by atoms with van der Waals surface area (Å²) in [4.78, 5) is 12.6.